The van der Waals surface area contributed by atoms with E-state index in [2.05, 4.69) is 404 Å². The molecule has 1 N–H and O–H groups in total. The molecule has 0 bridgehead atoms. The first kappa shape index (κ1) is 81.4. The van der Waals surface area contributed by atoms with Gasteiger partial charge in [0.25, 0.3) is 0 Å². The Hall–Kier alpha value is -7.86. The van der Waals surface area contributed by atoms with Crippen molar-refractivity contribution in [1.29, 1.82) is 0 Å². The Balaban J connectivity index is 0.000000182. The Bertz CT molecular complexity index is 3920. The molecule has 0 heterocycles. The molecule has 1 nitrogen and oxygen atoms in total. The van der Waals surface area contributed by atoms with E-state index in [9.17, 15) is 0 Å². The number of unbranched alkanes of at least 4 members (excludes halogenated alkanes) is 2. The average molecular weight is 1810 g/mol. The number of halogens is 3. The molecular formula is C92H78Cl3OOs2P4-2. The van der Waals surface area contributed by atoms with E-state index < -0.39 is 52.5 Å². The first-order chi connectivity index (χ1) is 49.8. The molecule has 13 rings (SSSR count). The molecule has 0 saturated heterocycles. The van der Waals surface area contributed by atoms with Crippen LogP contribution in [0.25, 0.3) is 0 Å². The van der Waals surface area contributed by atoms with Crippen LogP contribution >= 0.6 is 50.3 Å². The van der Waals surface area contributed by atoms with Crippen LogP contribution < -0.4 is 76.1 Å². The standard InChI is InChI=1S/C28H23P.3C18H15P.C10H10O.3ClH.2Os/c1-23-13-12-14-25(23)22-21-24(2)29(26-15-6-3-7-16-26,27-17-8-4-9-18-27)28-19-10-5-11-20-28;3*1-4-10-16(11-5-1)19(17-12-6-2-7-13-17)18-14-8-3-9-15-18;1-3-5-6-7-8-9-10(11)4-2;;;;;/h1,3-11,15-21H,12-14H2;3*1-15H;1-2,10-11H,5-7H2;3*1H;;/q-1;;;;;;;;;+2/p-3. The van der Waals surface area contributed by atoms with Gasteiger partial charge in [-0.3, -0.25) is 0 Å². The van der Waals surface area contributed by atoms with Crippen molar-refractivity contribution in [3.05, 3.63) is 399 Å². The van der Waals surface area contributed by atoms with Crippen LogP contribution in [0.15, 0.2) is 387 Å². The quantitative estimate of drug-likeness (QED) is 0.0442. The second kappa shape index (κ2) is 47.4. The first-order valence-corrected chi connectivity index (χ1v) is 46.4. The summed E-state index contributed by atoms with van der Waals surface area (Å²) in [5.41, 5.74) is 2.13. The van der Waals surface area contributed by atoms with Gasteiger partial charge in [0.05, 0.1) is 0 Å². The van der Waals surface area contributed by atoms with E-state index in [1.54, 1.807) is 17.9 Å². The normalized spacial score (nSPS) is 11.9. The maximum absolute atomic E-state index is 8.76. The van der Waals surface area contributed by atoms with Gasteiger partial charge in [0.2, 0.25) is 0 Å². The van der Waals surface area contributed by atoms with Crippen LogP contribution in [0.3, 0.4) is 0 Å². The van der Waals surface area contributed by atoms with Crippen molar-refractivity contribution in [3.8, 4) is 40.9 Å². The fraction of sp³-hybridized carbons (Fsp3) is 0.0761. The van der Waals surface area contributed by atoms with Crippen molar-refractivity contribution in [1.82, 2.24) is 0 Å². The molecule has 1 unspecified atom stereocenters. The molecule has 10 heteroatoms. The third-order valence-corrected chi connectivity index (χ3v) is 28.4. The molecule has 1 fully saturated rings. The second-order valence-corrected chi connectivity index (χ2v) is 36.7. The van der Waals surface area contributed by atoms with Crippen LogP contribution in [0, 0.1) is 53.6 Å². The molecule has 1 aliphatic rings. The fourth-order valence-electron chi connectivity index (χ4n) is 11.1. The zero-order valence-corrected chi connectivity index (χ0v) is 67.3. The summed E-state index contributed by atoms with van der Waals surface area (Å²) < 4.78 is 3.59. The smallest absolute Gasteiger partial charge is 0.0134 e. The van der Waals surface area contributed by atoms with E-state index in [4.69, 9.17) is 43.8 Å². The number of aliphatic hydroxyl groups excluding tert-OH is 1. The summed E-state index contributed by atoms with van der Waals surface area (Å²) in [5.74, 6) is 9.82. The van der Waals surface area contributed by atoms with E-state index in [1.807, 2.05) is 0 Å². The third-order valence-electron chi connectivity index (χ3n) is 15.7. The topological polar surface area (TPSA) is 20.2 Å². The number of hydrogen-bond acceptors (Lipinski definition) is 1. The third kappa shape index (κ3) is 25.2. The Labute approximate surface area is 643 Å². The van der Waals surface area contributed by atoms with Crippen LogP contribution in [0.2, 0.25) is 0 Å². The van der Waals surface area contributed by atoms with Gasteiger partial charge in [-0.25, -0.2) is 0 Å². The molecule has 12 aromatic rings. The number of allylic oxidation sites excluding steroid dienone is 5. The predicted octanol–water partition coefficient (Wildman–Crippen LogP) is 15.1. The predicted molar refractivity (Wildman–Crippen MR) is 438 cm³/mol. The Kier molecular flexibility index (Phi) is 37.9. The van der Waals surface area contributed by atoms with Crippen LogP contribution in [0.4, 0.5) is 0 Å². The number of terminal acetylenes is 2. The van der Waals surface area contributed by atoms with Gasteiger partial charge in [0.15, 0.2) is 6.10 Å². The van der Waals surface area contributed by atoms with Gasteiger partial charge in [-0.05, 0) is 77.9 Å². The fourth-order valence-corrected chi connectivity index (χ4v) is 23.5. The van der Waals surface area contributed by atoms with E-state index in [0.717, 1.165) is 43.3 Å². The van der Waals surface area contributed by atoms with Crippen LogP contribution in [-0.2, 0) is 33.4 Å². The van der Waals surface area contributed by atoms with Crippen molar-refractivity contribution in [2.45, 2.75) is 44.6 Å². The molecular weight excluding hydrogens is 1730 g/mol. The summed E-state index contributed by atoms with van der Waals surface area (Å²) in [5, 5.41) is 26.5. The van der Waals surface area contributed by atoms with Gasteiger partial charge in [-0.1, -0.05) is 291 Å². The largest absolute Gasteiger partial charge is 0.0622 e. The van der Waals surface area contributed by atoms with Crippen molar-refractivity contribution in [3.63, 3.8) is 0 Å². The van der Waals surface area contributed by atoms with E-state index in [1.165, 1.54) is 69.0 Å². The summed E-state index contributed by atoms with van der Waals surface area (Å²) in [6.07, 6.45) is 20.1. The van der Waals surface area contributed by atoms with Gasteiger partial charge in [0.1, 0.15) is 0 Å². The molecule has 1 aliphatic carbocycles. The zero-order valence-electron chi connectivity index (χ0n) is 56.3. The number of benzene rings is 12. The van der Waals surface area contributed by atoms with E-state index in [0.29, 0.717) is 6.42 Å². The van der Waals surface area contributed by atoms with Crippen LogP contribution in [0.5, 0.6) is 0 Å². The molecule has 1 atom stereocenters. The van der Waals surface area contributed by atoms with Crippen molar-refractivity contribution < 1.29 is 50.9 Å². The van der Waals surface area contributed by atoms with Gasteiger partial charge in [-0.15, -0.1) is 18.8 Å². The van der Waals surface area contributed by atoms with Crippen LogP contribution in [-0.4, -0.2) is 11.2 Å². The van der Waals surface area contributed by atoms with Gasteiger partial charge < -0.3 is 17.5 Å². The molecule has 1 saturated carbocycles. The molecule has 102 heavy (non-hydrogen) atoms. The average Bonchev–Trinajstić information content (AvgIpc) is 0.947. The molecule has 0 spiro atoms. The van der Waals surface area contributed by atoms with Gasteiger partial charge >= 0.3 is 226 Å². The molecule has 12 aromatic carbocycles. The van der Waals surface area contributed by atoms with Crippen molar-refractivity contribution >= 4 is 114 Å². The number of aliphatic hydroxyl groups is 1. The molecule has 0 radical (unpaired) electrons. The Morgan fingerprint density at radius 1 is 0.441 bits per heavy atom. The summed E-state index contributed by atoms with van der Waals surface area (Å²) in [7, 11) is 6.36. The molecule has 0 amide bonds. The second-order valence-electron chi connectivity index (χ2n) is 22.3. The molecule has 0 aliphatic heterocycles. The Morgan fingerprint density at radius 2 is 0.686 bits per heavy atom. The maximum Gasteiger partial charge on any atom is -0.0134 e. The molecule has 511 valence electrons. The van der Waals surface area contributed by atoms with Gasteiger partial charge in [0, 0.05) is 12.8 Å². The SMILES string of the molecule is C#CCCCC#CC(O)C#C.[CH-]=C1CCCC1=[C-]C=C([C]#[Os])[P+](c1ccccc1)(c1ccccc1)c1ccccc1.[Cl-].[Cl][Os][Cl].c1ccc(P(c2ccccc2)c2ccccc2)cc1.c1ccc(P(c2ccccc2)c2ccccc2)cc1.c1ccc(P(c2ccccc2)c2ccccc2)cc1. The maximum atomic E-state index is 8.76. The minimum atomic E-state index is -2.11. The monoisotopic (exact) mass is 1810 g/mol. The summed E-state index contributed by atoms with van der Waals surface area (Å²) in [4.78, 5) is 0. The summed E-state index contributed by atoms with van der Waals surface area (Å²) in [6, 6.07) is 130. The minimum absolute atomic E-state index is 0. The molecule has 0 aromatic heterocycles. The van der Waals surface area contributed by atoms with Crippen molar-refractivity contribution in [2.24, 2.45) is 0 Å². The van der Waals surface area contributed by atoms with E-state index >= 15 is 0 Å². The Morgan fingerprint density at radius 3 is 0.892 bits per heavy atom. The summed E-state index contributed by atoms with van der Waals surface area (Å²) in [6.45, 7) is 6.23. The minimum Gasteiger partial charge on any atom is -0.0622 e. The zero-order chi connectivity index (χ0) is 70.8. The van der Waals surface area contributed by atoms with Crippen molar-refractivity contribution in [2.75, 3.05) is 0 Å². The summed E-state index contributed by atoms with van der Waals surface area (Å²) >= 11 is 1.15. The number of rotatable bonds is 16. The van der Waals surface area contributed by atoms with Crippen LogP contribution in [0.1, 0.15) is 38.5 Å². The van der Waals surface area contributed by atoms with E-state index in [-0.39, 0.29) is 12.4 Å². The number of hydrogen-bond donors (Lipinski definition) is 1. The first-order valence-electron chi connectivity index (χ1n) is 33.0. The van der Waals surface area contributed by atoms with Gasteiger partial charge in [-0.2, -0.15) is 0 Å².